The molecule has 3 aromatic rings. The Morgan fingerprint density at radius 2 is 2.08 bits per heavy atom. The quantitative estimate of drug-likeness (QED) is 0.758. The van der Waals surface area contributed by atoms with Crippen molar-refractivity contribution in [3.63, 3.8) is 0 Å². The van der Waals surface area contributed by atoms with E-state index in [1.807, 2.05) is 44.2 Å². The maximum Gasteiger partial charge on any atom is 0.253 e. The van der Waals surface area contributed by atoms with Crippen molar-refractivity contribution in [3.05, 3.63) is 53.9 Å². The van der Waals surface area contributed by atoms with E-state index in [4.69, 9.17) is 0 Å². The van der Waals surface area contributed by atoms with Crippen molar-refractivity contribution in [3.8, 4) is 0 Å². The maximum atomic E-state index is 12.8. The molecule has 2 atom stereocenters. The predicted octanol–water partition coefficient (Wildman–Crippen LogP) is 2.19. The van der Waals surface area contributed by atoms with Crippen molar-refractivity contribution in [1.82, 2.24) is 20.5 Å². The Hall–Kier alpha value is -3.22. The average molecular weight is 349 g/mol. The molecule has 0 unspecified atom stereocenters. The molecule has 2 N–H and O–H groups in total. The molecule has 2 aromatic heterocycles. The number of hydrogen-bond donors (Lipinski definition) is 2. The van der Waals surface area contributed by atoms with E-state index in [0.717, 1.165) is 16.8 Å². The molecule has 7 nitrogen and oxygen atoms in total. The van der Waals surface area contributed by atoms with Gasteiger partial charge in [-0.25, -0.2) is 4.98 Å². The first-order valence-electron chi connectivity index (χ1n) is 8.54. The molecule has 0 saturated carbocycles. The van der Waals surface area contributed by atoms with Crippen molar-refractivity contribution in [2.75, 3.05) is 4.90 Å². The molecule has 3 heterocycles. The molecule has 7 heteroatoms. The number of aryl methyl sites for hydroxylation is 1. The highest BCUT2D eigenvalue weighted by atomic mass is 16.2. The van der Waals surface area contributed by atoms with E-state index in [9.17, 15) is 9.59 Å². The normalized spacial score (nSPS) is 19.9. The van der Waals surface area contributed by atoms with E-state index in [2.05, 4.69) is 20.5 Å². The van der Waals surface area contributed by atoms with Crippen LogP contribution in [0.4, 0.5) is 5.69 Å². The van der Waals surface area contributed by atoms with Crippen LogP contribution >= 0.6 is 0 Å². The fraction of sp³-hybridized carbons (Fsp3) is 0.263. The molecule has 1 fully saturated rings. The molecule has 1 aliphatic rings. The van der Waals surface area contributed by atoms with E-state index >= 15 is 0 Å². The summed E-state index contributed by atoms with van der Waals surface area (Å²) in [5.41, 5.74) is 2.68. The van der Waals surface area contributed by atoms with Gasteiger partial charge in [-0.2, -0.15) is 5.10 Å². The molecule has 1 saturated heterocycles. The standard InChI is InChI=1S/C19H19N5O2/c1-11-8-16(19(26)24(11)14-6-4-3-5-7-14)21-18(25)13-9-15-12(2)22-23-17(15)20-10-13/h3-7,9-11,16H,8H2,1-2H3,(H,21,25)(H,20,22,23)/t11-,16+/m1/s1. The number of carbonyl (C=O) groups excluding carboxylic acids is 2. The first-order chi connectivity index (χ1) is 12.5. The molecule has 0 spiro atoms. The van der Waals surface area contributed by atoms with Crippen molar-refractivity contribution in [2.24, 2.45) is 0 Å². The van der Waals surface area contributed by atoms with Crippen LogP contribution in [0, 0.1) is 6.92 Å². The molecule has 0 radical (unpaired) electrons. The molecule has 132 valence electrons. The van der Waals surface area contributed by atoms with E-state index in [-0.39, 0.29) is 17.9 Å². The van der Waals surface area contributed by atoms with Crippen LogP contribution in [0.2, 0.25) is 0 Å². The number of amides is 2. The van der Waals surface area contributed by atoms with Gasteiger partial charge < -0.3 is 10.2 Å². The predicted molar refractivity (Wildman–Crippen MR) is 97.9 cm³/mol. The fourth-order valence-corrected chi connectivity index (χ4v) is 3.41. The summed E-state index contributed by atoms with van der Waals surface area (Å²) < 4.78 is 0. The molecule has 1 aromatic carbocycles. The number of anilines is 1. The van der Waals surface area contributed by atoms with Crippen LogP contribution in [0.5, 0.6) is 0 Å². The van der Waals surface area contributed by atoms with Crippen LogP contribution in [0.15, 0.2) is 42.6 Å². The third-order valence-corrected chi connectivity index (χ3v) is 4.76. The number of aromatic amines is 1. The largest absolute Gasteiger partial charge is 0.340 e. The molecular formula is C19H19N5O2. The highest BCUT2D eigenvalue weighted by Gasteiger charge is 2.38. The van der Waals surface area contributed by atoms with Crippen molar-refractivity contribution in [2.45, 2.75) is 32.4 Å². The summed E-state index contributed by atoms with van der Waals surface area (Å²) in [5.74, 6) is -0.397. The second-order valence-corrected chi connectivity index (χ2v) is 6.60. The van der Waals surface area contributed by atoms with Crippen molar-refractivity contribution in [1.29, 1.82) is 0 Å². The van der Waals surface area contributed by atoms with Crippen LogP contribution < -0.4 is 10.2 Å². The number of carbonyl (C=O) groups is 2. The third-order valence-electron chi connectivity index (χ3n) is 4.76. The fourth-order valence-electron chi connectivity index (χ4n) is 3.41. The highest BCUT2D eigenvalue weighted by Crippen LogP contribution is 2.26. The topological polar surface area (TPSA) is 91.0 Å². The summed E-state index contributed by atoms with van der Waals surface area (Å²) in [6, 6.07) is 10.7. The molecular weight excluding hydrogens is 330 g/mol. The molecule has 0 bridgehead atoms. The second kappa shape index (κ2) is 6.25. The van der Waals surface area contributed by atoms with Crippen molar-refractivity contribution >= 4 is 28.5 Å². The minimum Gasteiger partial charge on any atom is -0.340 e. The van der Waals surface area contributed by atoms with Crippen LogP contribution in [-0.2, 0) is 4.79 Å². The number of nitrogens with one attached hydrogen (secondary N) is 2. The smallest absolute Gasteiger partial charge is 0.253 e. The number of hydrogen-bond acceptors (Lipinski definition) is 4. The van der Waals surface area contributed by atoms with E-state index < -0.39 is 6.04 Å². The summed E-state index contributed by atoms with van der Waals surface area (Å²) >= 11 is 0. The van der Waals surface area contributed by atoms with Crippen LogP contribution in [-0.4, -0.2) is 39.1 Å². The zero-order valence-corrected chi connectivity index (χ0v) is 14.6. The Kier molecular flexibility index (Phi) is 3.91. The maximum absolute atomic E-state index is 12.8. The summed E-state index contributed by atoms with van der Waals surface area (Å²) in [4.78, 5) is 31.3. The number of rotatable bonds is 3. The summed E-state index contributed by atoms with van der Waals surface area (Å²) in [5, 5.41) is 10.6. The number of H-pyrrole nitrogens is 1. The summed E-state index contributed by atoms with van der Waals surface area (Å²) in [7, 11) is 0. The van der Waals surface area contributed by atoms with Crippen LogP contribution in [0.3, 0.4) is 0 Å². The first-order valence-corrected chi connectivity index (χ1v) is 8.54. The minimum absolute atomic E-state index is 0.0203. The van der Waals surface area contributed by atoms with Gasteiger partial charge in [-0.15, -0.1) is 0 Å². The van der Waals surface area contributed by atoms with Gasteiger partial charge in [0.15, 0.2) is 5.65 Å². The molecule has 0 aliphatic carbocycles. The lowest BCUT2D eigenvalue weighted by Gasteiger charge is -2.21. The third kappa shape index (κ3) is 2.71. The number of fused-ring (bicyclic) bond motifs is 1. The Balaban J connectivity index is 1.54. The van der Waals surface area contributed by atoms with E-state index in [1.165, 1.54) is 6.20 Å². The Bertz CT molecular complexity index is 982. The summed E-state index contributed by atoms with van der Waals surface area (Å²) in [6.45, 7) is 3.86. The van der Waals surface area contributed by atoms with Gasteiger partial charge in [0.1, 0.15) is 6.04 Å². The highest BCUT2D eigenvalue weighted by molar-refractivity contribution is 6.05. The Morgan fingerprint density at radius 1 is 1.31 bits per heavy atom. The van der Waals surface area contributed by atoms with Gasteiger partial charge in [0.05, 0.1) is 5.56 Å². The zero-order chi connectivity index (χ0) is 18.3. The lowest BCUT2D eigenvalue weighted by molar-refractivity contribution is -0.118. The second-order valence-electron chi connectivity index (χ2n) is 6.60. The zero-order valence-electron chi connectivity index (χ0n) is 14.6. The van der Waals surface area contributed by atoms with Crippen LogP contribution in [0.1, 0.15) is 29.4 Å². The molecule has 26 heavy (non-hydrogen) atoms. The number of para-hydroxylation sites is 1. The van der Waals surface area contributed by atoms with Gasteiger partial charge in [0, 0.05) is 29.0 Å². The van der Waals surface area contributed by atoms with Gasteiger partial charge in [-0.3, -0.25) is 14.7 Å². The lowest BCUT2D eigenvalue weighted by Crippen LogP contribution is -2.42. The number of aromatic nitrogens is 3. The average Bonchev–Trinajstić information content (AvgIpc) is 3.15. The minimum atomic E-state index is -0.543. The molecule has 4 rings (SSSR count). The van der Waals surface area contributed by atoms with Crippen LogP contribution in [0.25, 0.3) is 11.0 Å². The van der Waals surface area contributed by atoms with E-state index in [0.29, 0.717) is 17.6 Å². The number of nitrogens with zero attached hydrogens (tertiary/aromatic N) is 3. The van der Waals surface area contributed by atoms with Gasteiger partial charge in [-0.05, 0) is 38.5 Å². The SMILES string of the molecule is Cc1[nH]nc2ncc(C(=O)N[C@H]3C[C@@H](C)N(c4ccccc4)C3=O)cc12. The summed E-state index contributed by atoms with van der Waals surface area (Å²) in [6.07, 6.45) is 2.05. The van der Waals surface area contributed by atoms with E-state index in [1.54, 1.807) is 11.0 Å². The Labute approximate surface area is 150 Å². The van der Waals surface area contributed by atoms with Gasteiger partial charge in [0.2, 0.25) is 5.91 Å². The number of benzene rings is 1. The monoisotopic (exact) mass is 349 g/mol. The number of pyridine rings is 1. The molecule has 1 aliphatic heterocycles. The van der Waals surface area contributed by atoms with Gasteiger partial charge >= 0.3 is 0 Å². The Morgan fingerprint density at radius 3 is 2.85 bits per heavy atom. The molecule has 2 amide bonds. The van der Waals surface area contributed by atoms with Gasteiger partial charge in [-0.1, -0.05) is 18.2 Å². The lowest BCUT2D eigenvalue weighted by atomic mass is 10.1. The first kappa shape index (κ1) is 16.3. The van der Waals surface area contributed by atoms with Gasteiger partial charge in [0.25, 0.3) is 5.91 Å². The van der Waals surface area contributed by atoms with Crippen molar-refractivity contribution < 1.29 is 9.59 Å².